The maximum Gasteiger partial charge on any atom is 0.296 e. The lowest BCUT2D eigenvalue weighted by molar-refractivity contribution is -0.116. The molecule has 0 saturated heterocycles. The molecule has 0 unspecified atom stereocenters. The average Bonchev–Trinajstić information content (AvgIpc) is 2.76. The van der Waals surface area contributed by atoms with Gasteiger partial charge in [-0.3, -0.25) is 9.35 Å². The van der Waals surface area contributed by atoms with Crippen LogP contribution in [-0.4, -0.2) is 26.0 Å². The summed E-state index contributed by atoms with van der Waals surface area (Å²) < 4.78 is 37.5. The third-order valence-electron chi connectivity index (χ3n) is 5.41. The molecular weight excluding hydrogens is 426 g/mol. The molecule has 1 aromatic rings. The van der Waals surface area contributed by atoms with Crippen LogP contribution in [0, 0.1) is 0 Å². The van der Waals surface area contributed by atoms with E-state index in [2.05, 4.69) is 24.4 Å². The van der Waals surface area contributed by atoms with E-state index in [9.17, 15) is 17.8 Å². The normalized spacial score (nSPS) is 11.7. The standard InChI is InChI=1S/C25H41NO5S/c1-3-4-5-6-7-8-9-10-11-12-13-14-15-16-17-18-25(27)26-23-20-19-22(31-2)21-24(23)32(28,29)30/h10-11,19-21H,3-9,12-18H2,1-2H3,(H,26,27)(H,28,29,30). The summed E-state index contributed by atoms with van der Waals surface area (Å²) in [5.74, 6) is 0.0190. The molecule has 0 heterocycles. The first kappa shape index (κ1) is 28.2. The highest BCUT2D eigenvalue weighted by Crippen LogP contribution is 2.26. The van der Waals surface area contributed by atoms with Crippen molar-refractivity contribution in [3.8, 4) is 5.75 Å². The molecule has 0 aliphatic carbocycles. The predicted octanol–water partition coefficient (Wildman–Crippen LogP) is 6.92. The molecule has 0 aliphatic rings. The van der Waals surface area contributed by atoms with Gasteiger partial charge in [0.25, 0.3) is 10.1 Å². The Bertz CT molecular complexity index is 790. The van der Waals surface area contributed by atoms with Crippen LogP contribution >= 0.6 is 0 Å². The minimum Gasteiger partial charge on any atom is -0.497 e. The van der Waals surface area contributed by atoms with E-state index in [4.69, 9.17) is 4.74 Å². The van der Waals surface area contributed by atoms with Gasteiger partial charge in [0.2, 0.25) is 5.91 Å². The van der Waals surface area contributed by atoms with Gasteiger partial charge in [-0.1, -0.05) is 70.4 Å². The molecule has 32 heavy (non-hydrogen) atoms. The zero-order chi connectivity index (χ0) is 23.7. The van der Waals surface area contributed by atoms with Crippen LogP contribution in [0.1, 0.15) is 96.8 Å². The number of unbranched alkanes of at least 4 members (excludes halogenated alkanes) is 11. The van der Waals surface area contributed by atoms with Gasteiger partial charge in [-0.2, -0.15) is 8.42 Å². The fourth-order valence-electron chi connectivity index (χ4n) is 3.52. The molecule has 0 aromatic heterocycles. The number of amides is 1. The molecule has 7 heteroatoms. The Labute approximate surface area is 194 Å². The number of ether oxygens (including phenoxy) is 1. The number of carbonyl (C=O) groups is 1. The molecule has 1 rings (SSSR count). The lowest BCUT2D eigenvalue weighted by Crippen LogP contribution is -2.14. The molecule has 1 aromatic carbocycles. The first-order valence-electron chi connectivity index (χ1n) is 12.0. The third-order valence-corrected chi connectivity index (χ3v) is 6.30. The number of anilines is 1. The quantitative estimate of drug-likeness (QED) is 0.139. The van der Waals surface area contributed by atoms with Crippen molar-refractivity contribution < 1.29 is 22.5 Å². The Kier molecular flexibility index (Phi) is 14.7. The Morgan fingerprint density at radius 2 is 1.50 bits per heavy atom. The maximum atomic E-state index is 12.2. The molecule has 6 nitrogen and oxygen atoms in total. The summed E-state index contributed by atoms with van der Waals surface area (Å²) in [5.41, 5.74) is 0.0612. The lowest BCUT2D eigenvalue weighted by atomic mass is 10.1. The zero-order valence-electron chi connectivity index (χ0n) is 19.8. The highest BCUT2D eigenvalue weighted by Gasteiger charge is 2.18. The van der Waals surface area contributed by atoms with Crippen LogP contribution in [0.25, 0.3) is 0 Å². The Hall–Kier alpha value is -1.86. The summed E-state index contributed by atoms with van der Waals surface area (Å²) in [6, 6.07) is 4.14. The summed E-state index contributed by atoms with van der Waals surface area (Å²) in [6.07, 6.45) is 20.4. The lowest BCUT2D eigenvalue weighted by Gasteiger charge is -2.11. The van der Waals surface area contributed by atoms with Gasteiger partial charge in [-0.15, -0.1) is 0 Å². The number of carbonyl (C=O) groups excluding carboxylic acids is 1. The molecule has 182 valence electrons. The van der Waals surface area contributed by atoms with E-state index in [0.29, 0.717) is 6.42 Å². The fourth-order valence-corrected chi connectivity index (χ4v) is 4.18. The fraction of sp³-hybridized carbons (Fsp3) is 0.640. The number of nitrogens with one attached hydrogen (secondary N) is 1. The van der Waals surface area contributed by atoms with Gasteiger partial charge in [0, 0.05) is 12.5 Å². The number of allylic oxidation sites excluding steroid dienone is 2. The monoisotopic (exact) mass is 467 g/mol. The second kappa shape index (κ2) is 16.7. The van der Waals surface area contributed by atoms with Gasteiger partial charge in [-0.25, -0.2) is 0 Å². The number of methoxy groups -OCH3 is 1. The summed E-state index contributed by atoms with van der Waals surface area (Å²) >= 11 is 0. The van der Waals surface area contributed by atoms with E-state index >= 15 is 0 Å². The molecular formula is C25H41NO5S. The van der Waals surface area contributed by atoms with Crippen LogP contribution in [0.2, 0.25) is 0 Å². The van der Waals surface area contributed by atoms with Gasteiger partial charge < -0.3 is 10.1 Å². The van der Waals surface area contributed by atoms with Crippen molar-refractivity contribution in [2.45, 2.75) is 102 Å². The van der Waals surface area contributed by atoms with Crippen LogP contribution in [0.15, 0.2) is 35.2 Å². The van der Waals surface area contributed by atoms with Crippen molar-refractivity contribution in [3.05, 3.63) is 30.4 Å². The van der Waals surface area contributed by atoms with E-state index < -0.39 is 10.1 Å². The van der Waals surface area contributed by atoms with Gasteiger partial charge in [-0.05, 0) is 44.2 Å². The first-order valence-corrected chi connectivity index (χ1v) is 13.4. The van der Waals surface area contributed by atoms with Crippen LogP contribution < -0.4 is 10.1 Å². The zero-order valence-corrected chi connectivity index (χ0v) is 20.6. The summed E-state index contributed by atoms with van der Waals surface area (Å²) in [7, 11) is -3.07. The molecule has 0 radical (unpaired) electrons. The molecule has 2 N–H and O–H groups in total. The molecule has 0 fully saturated rings. The maximum absolute atomic E-state index is 12.2. The van der Waals surface area contributed by atoms with Crippen LogP contribution in [0.4, 0.5) is 5.69 Å². The van der Waals surface area contributed by atoms with Gasteiger partial charge in [0.15, 0.2) is 0 Å². The molecule has 0 saturated carbocycles. The third kappa shape index (κ3) is 12.9. The highest BCUT2D eigenvalue weighted by atomic mass is 32.2. The molecule has 0 bridgehead atoms. The molecule has 0 atom stereocenters. The summed E-state index contributed by atoms with van der Waals surface area (Å²) in [6.45, 7) is 2.24. The first-order chi connectivity index (χ1) is 15.4. The minimum absolute atomic E-state index is 0.0612. The largest absolute Gasteiger partial charge is 0.497 e. The van der Waals surface area contributed by atoms with Crippen molar-refractivity contribution >= 4 is 21.7 Å². The second-order valence-corrected chi connectivity index (χ2v) is 9.61. The van der Waals surface area contributed by atoms with Crippen LogP contribution in [0.3, 0.4) is 0 Å². The molecule has 0 aliphatic heterocycles. The van der Waals surface area contributed by atoms with E-state index in [-0.39, 0.29) is 22.2 Å². The van der Waals surface area contributed by atoms with Crippen molar-refractivity contribution in [1.82, 2.24) is 0 Å². The van der Waals surface area contributed by atoms with E-state index in [1.807, 2.05) is 0 Å². The minimum atomic E-state index is -4.46. The van der Waals surface area contributed by atoms with Crippen molar-refractivity contribution in [2.24, 2.45) is 0 Å². The molecule has 0 spiro atoms. The second-order valence-electron chi connectivity index (χ2n) is 8.22. The van der Waals surface area contributed by atoms with E-state index in [0.717, 1.165) is 32.1 Å². The summed E-state index contributed by atoms with van der Waals surface area (Å²) in [5, 5.41) is 2.58. The highest BCUT2D eigenvalue weighted by molar-refractivity contribution is 7.86. The number of benzene rings is 1. The van der Waals surface area contributed by atoms with Crippen molar-refractivity contribution in [1.29, 1.82) is 0 Å². The van der Waals surface area contributed by atoms with E-state index in [1.54, 1.807) is 0 Å². The number of hydrogen-bond donors (Lipinski definition) is 2. The Balaban J connectivity index is 2.13. The van der Waals surface area contributed by atoms with Crippen LogP contribution in [0.5, 0.6) is 5.75 Å². The summed E-state index contributed by atoms with van der Waals surface area (Å²) in [4.78, 5) is 11.8. The van der Waals surface area contributed by atoms with Crippen LogP contribution in [-0.2, 0) is 14.9 Å². The van der Waals surface area contributed by atoms with E-state index in [1.165, 1.54) is 76.7 Å². The SMILES string of the molecule is CCCCCCCCC=CCCCCCCCC(=O)Nc1ccc(OC)cc1S(=O)(=O)O. The Morgan fingerprint density at radius 1 is 0.938 bits per heavy atom. The van der Waals surface area contributed by atoms with Gasteiger partial charge >= 0.3 is 0 Å². The van der Waals surface area contributed by atoms with Gasteiger partial charge in [0.05, 0.1) is 12.8 Å². The Morgan fingerprint density at radius 3 is 2.06 bits per heavy atom. The predicted molar refractivity (Wildman–Crippen MR) is 131 cm³/mol. The topological polar surface area (TPSA) is 92.7 Å². The average molecular weight is 468 g/mol. The van der Waals surface area contributed by atoms with Crippen molar-refractivity contribution in [3.63, 3.8) is 0 Å². The van der Waals surface area contributed by atoms with Crippen molar-refractivity contribution in [2.75, 3.05) is 12.4 Å². The smallest absolute Gasteiger partial charge is 0.296 e. The number of hydrogen-bond acceptors (Lipinski definition) is 4. The number of rotatable bonds is 18. The molecule has 1 amide bonds. The van der Waals surface area contributed by atoms with Gasteiger partial charge in [0.1, 0.15) is 10.6 Å².